The number of nitrogens with zero attached hydrogens (tertiary/aromatic N) is 1. The number of carbonyl (C=O) groups is 12. The Morgan fingerprint density at radius 2 is 0.675 bits per heavy atom. The first kappa shape index (κ1) is 93.1. The number of nitrogens with one attached hydrogen (secondary N) is 3. The summed E-state index contributed by atoms with van der Waals surface area (Å²) in [6.07, 6.45) is 2.52. The van der Waals surface area contributed by atoms with E-state index < -0.39 is 59.8 Å². The van der Waals surface area contributed by atoms with E-state index in [0.29, 0.717) is 56.3 Å². The highest BCUT2D eigenvalue weighted by molar-refractivity contribution is 5.94. The van der Waals surface area contributed by atoms with Crippen LogP contribution in [0.1, 0.15) is 132 Å². The molecule has 0 aliphatic carbocycles. The largest absolute Gasteiger partial charge is 0.481 e. The van der Waals surface area contributed by atoms with Gasteiger partial charge in [-0.15, -0.1) is 0 Å². The van der Waals surface area contributed by atoms with Crippen LogP contribution >= 0.6 is 0 Å². The molecule has 0 radical (unpaired) electrons. The van der Waals surface area contributed by atoms with Crippen molar-refractivity contribution in [2.75, 3.05) is 13.1 Å². The monoisotopic (exact) mass is 1660 g/mol. The van der Waals surface area contributed by atoms with Gasteiger partial charge in [0.1, 0.15) is 6.04 Å². The molecule has 5 atom stereocenters. The number of carboxylic acid groups (broad SMARTS) is 5. The van der Waals surface area contributed by atoms with Gasteiger partial charge in [-0.05, 0) is 164 Å². The van der Waals surface area contributed by atoms with Gasteiger partial charge in [-0.25, -0.2) is 0 Å². The van der Waals surface area contributed by atoms with Gasteiger partial charge >= 0.3 is 29.8 Å². The number of aryl methyl sites for hydroxylation is 3. The van der Waals surface area contributed by atoms with Crippen molar-refractivity contribution in [1.82, 2.24) is 20.9 Å². The molecule has 1 saturated heterocycles. The summed E-state index contributed by atoms with van der Waals surface area (Å²) < 4.78 is 0. The van der Waals surface area contributed by atoms with E-state index in [4.69, 9.17) is 31.3 Å². The lowest BCUT2D eigenvalue weighted by Gasteiger charge is -2.34. The first-order chi connectivity index (χ1) is 59.2. The van der Waals surface area contributed by atoms with Crippen LogP contribution < -0.4 is 21.7 Å². The molecule has 10 aromatic rings. The standard InChI is InChI=1S/C35H33NO6.C33H36N2O6.C33H38N2O5/c37-32(22-25-5-4-6-26(21-25)23-35(41)42)31(18-20-34(39)40)36-33(38)19-11-24-9-12-28(13-10-24)30-16-14-29(15-17-30)27-7-2-1-3-8-27;36-30(34-29(17-19-31(37)38)33(41)35-20-4-5-24(22-35)21-32(39)40)18-10-23-8-11-26(12-9-23)28-15-13-27(14-16-28)25-6-2-1-3-7-25;1-22(2)20-28(33(34)40)21-30(36)29(17-19-32(38)39)35-31(37)18-10-23-8-11-25(12-9-23)27-15-13-26(14-16-27)24-6-4-3-5-7-24/h1-10,12-17,21,31H,11,18-20,22-23H2,(H,36,38)(H,39,40)(H,41,42);1-3,6-9,11-16,24,29H,4-5,10,17-22H2,(H,34,36)(H,37,38)(H,39,40);3-9,11-16,22,28-29H,10,17-21H2,1-2H3,(H2,34,40)(H,35,37)(H,38,39)/t31-;24?,29-;28-,29+/m001/s1. The Kier molecular flexibility index (Phi) is 36.2. The summed E-state index contributed by atoms with van der Waals surface area (Å²) in [7, 11) is 0. The third kappa shape index (κ3) is 31.7. The quantitative estimate of drug-likeness (QED) is 0.0172. The molecular weight excluding hydrogens is 1560 g/mol. The van der Waals surface area contributed by atoms with Crippen molar-refractivity contribution in [3.05, 3.63) is 289 Å². The molecular formula is C101H107N5O17. The van der Waals surface area contributed by atoms with E-state index in [2.05, 4.69) is 125 Å². The van der Waals surface area contributed by atoms with Crippen molar-refractivity contribution in [3.63, 3.8) is 0 Å². The molecule has 0 bridgehead atoms. The summed E-state index contributed by atoms with van der Waals surface area (Å²) >= 11 is 0. The average Bonchev–Trinajstić information content (AvgIpc) is 0.836. The van der Waals surface area contributed by atoms with E-state index in [1.165, 1.54) is 0 Å². The van der Waals surface area contributed by atoms with Gasteiger partial charge in [0.05, 0.1) is 18.5 Å². The fourth-order valence-electron chi connectivity index (χ4n) is 14.8. The molecule has 0 aromatic heterocycles. The second kappa shape index (κ2) is 47.9. The maximum absolute atomic E-state index is 13.2. The Labute approximate surface area is 717 Å². The first-order valence-electron chi connectivity index (χ1n) is 41.6. The highest BCUT2D eigenvalue weighted by Gasteiger charge is 2.32. The second-order valence-corrected chi connectivity index (χ2v) is 31.4. The Balaban J connectivity index is 0.000000209. The van der Waals surface area contributed by atoms with E-state index in [1.807, 2.05) is 141 Å². The fraction of sp³-hybridized carbons (Fsp3) is 0.287. The van der Waals surface area contributed by atoms with Gasteiger partial charge in [0.15, 0.2) is 11.6 Å². The van der Waals surface area contributed by atoms with Crippen LogP contribution in [0.2, 0.25) is 0 Å². The van der Waals surface area contributed by atoms with Crippen LogP contribution in [0.15, 0.2) is 261 Å². The van der Waals surface area contributed by atoms with Crippen LogP contribution in [0.4, 0.5) is 0 Å². The number of Topliss-reactive ketones (excluding diaryl/α,β-unsaturated/α-hetero) is 2. The number of rotatable bonds is 41. The maximum Gasteiger partial charge on any atom is 0.307 e. The van der Waals surface area contributed by atoms with Gasteiger partial charge in [0, 0.05) is 76.8 Å². The molecule has 1 unspecified atom stereocenters. The molecule has 1 aliphatic rings. The van der Waals surface area contributed by atoms with Crippen molar-refractivity contribution >= 4 is 70.9 Å². The Hall–Kier alpha value is -13.8. The summed E-state index contributed by atoms with van der Waals surface area (Å²) in [4.78, 5) is 146. The lowest BCUT2D eigenvalue weighted by atomic mass is 9.89. The van der Waals surface area contributed by atoms with Crippen LogP contribution in [-0.2, 0) is 89.6 Å². The summed E-state index contributed by atoms with van der Waals surface area (Å²) in [6.45, 7) is 4.62. The van der Waals surface area contributed by atoms with Crippen LogP contribution in [0.3, 0.4) is 0 Å². The summed E-state index contributed by atoms with van der Waals surface area (Å²) in [5, 5.41) is 53.7. The normalized spacial score (nSPS) is 13.2. The van der Waals surface area contributed by atoms with E-state index in [-0.39, 0.29) is 131 Å². The first-order valence-corrected chi connectivity index (χ1v) is 41.6. The molecule has 5 amide bonds. The zero-order chi connectivity index (χ0) is 88.2. The van der Waals surface area contributed by atoms with Crippen LogP contribution in [0.5, 0.6) is 0 Å². The molecule has 0 saturated carbocycles. The van der Waals surface area contributed by atoms with E-state index in [0.717, 1.165) is 89.9 Å². The topological polar surface area (TPSA) is 371 Å². The molecule has 10 N–H and O–H groups in total. The lowest BCUT2D eigenvalue weighted by Crippen LogP contribution is -2.51. The summed E-state index contributed by atoms with van der Waals surface area (Å²) in [5.41, 5.74) is 23.0. The molecule has 22 nitrogen and oxygen atoms in total. The van der Waals surface area contributed by atoms with Gasteiger partial charge in [-0.3, -0.25) is 57.5 Å². The number of piperidine rings is 1. The van der Waals surface area contributed by atoms with Crippen LogP contribution in [0.25, 0.3) is 66.8 Å². The maximum atomic E-state index is 13.2. The molecule has 1 fully saturated rings. The molecule has 22 heteroatoms. The van der Waals surface area contributed by atoms with Crippen molar-refractivity contribution in [2.45, 2.75) is 154 Å². The minimum Gasteiger partial charge on any atom is -0.481 e. The Bertz CT molecular complexity index is 5180. The molecule has 10 aromatic carbocycles. The number of aliphatic carboxylic acids is 5. The molecule has 638 valence electrons. The number of amides is 5. The van der Waals surface area contributed by atoms with Gasteiger partial charge in [-0.2, -0.15) is 0 Å². The fourth-order valence-corrected chi connectivity index (χ4v) is 14.8. The molecule has 1 heterocycles. The van der Waals surface area contributed by atoms with E-state index >= 15 is 0 Å². The zero-order valence-corrected chi connectivity index (χ0v) is 69.3. The minimum absolute atomic E-state index is 0.0161. The highest BCUT2D eigenvalue weighted by Crippen LogP contribution is 2.31. The second-order valence-electron chi connectivity index (χ2n) is 31.4. The van der Waals surface area contributed by atoms with E-state index in [9.17, 15) is 57.5 Å². The summed E-state index contributed by atoms with van der Waals surface area (Å²) in [5.74, 6) is -8.29. The number of primary amides is 1. The minimum atomic E-state index is -1.06. The van der Waals surface area contributed by atoms with Crippen LogP contribution in [-0.4, -0.2) is 133 Å². The third-order valence-corrected chi connectivity index (χ3v) is 21.4. The number of hydrogen-bond acceptors (Lipinski definition) is 12. The number of carbonyl (C=O) groups excluding carboxylic acids is 7. The number of nitrogens with two attached hydrogens (primary N) is 1. The highest BCUT2D eigenvalue weighted by atomic mass is 16.4. The molecule has 0 spiro atoms. The SMILES string of the molecule is CC(C)C[C@H](CC(=O)[C@H](CCC(=O)O)NC(=O)CCc1ccc(-c2ccc(-c3ccccc3)cc2)cc1)C(N)=O.O=C(O)CC[C@H](NC(=O)CCc1ccc(-c2ccc(-c3ccccc3)cc2)cc1)C(=O)Cc1cccc(CC(=O)O)c1.O=C(O)CC[C@H](NC(=O)CCc1ccc(-c2ccc(-c3ccccc3)cc2)cc1)C(=O)N1CCCC(CC(=O)O)C1. The number of ketones is 2. The number of likely N-dealkylation sites (tertiary alicyclic amines) is 1. The van der Waals surface area contributed by atoms with Crippen molar-refractivity contribution in [1.29, 1.82) is 0 Å². The van der Waals surface area contributed by atoms with Crippen molar-refractivity contribution < 1.29 is 83.1 Å². The van der Waals surface area contributed by atoms with Gasteiger partial charge in [-0.1, -0.05) is 275 Å². The van der Waals surface area contributed by atoms with Gasteiger partial charge in [0.2, 0.25) is 29.5 Å². The zero-order valence-electron chi connectivity index (χ0n) is 69.3. The number of benzene rings is 10. The van der Waals surface area contributed by atoms with E-state index in [1.54, 1.807) is 29.2 Å². The van der Waals surface area contributed by atoms with Crippen molar-refractivity contribution in [2.24, 2.45) is 23.5 Å². The van der Waals surface area contributed by atoms with Crippen molar-refractivity contribution in [3.8, 4) is 66.8 Å². The number of hydrogen-bond donors (Lipinski definition) is 9. The van der Waals surface area contributed by atoms with Crippen LogP contribution in [0, 0.1) is 17.8 Å². The molecule has 123 heavy (non-hydrogen) atoms. The molecule has 1 aliphatic heterocycles. The number of carboxylic acids is 5. The molecule has 11 rings (SSSR count). The predicted octanol–water partition coefficient (Wildman–Crippen LogP) is 16.2. The Morgan fingerprint density at radius 3 is 1.00 bits per heavy atom. The predicted molar refractivity (Wildman–Crippen MR) is 473 cm³/mol. The smallest absolute Gasteiger partial charge is 0.307 e. The Morgan fingerprint density at radius 1 is 0.358 bits per heavy atom. The summed E-state index contributed by atoms with van der Waals surface area (Å²) in [6, 6.07) is 83.5. The lowest BCUT2D eigenvalue weighted by molar-refractivity contribution is -0.143. The average molecular weight is 1660 g/mol. The third-order valence-electron chi connectivity index (χ3n) is 21.4. The van der Waals surface area contributed by atoms with Gasteiger partial charge < -0.3 is 52.1 Å². The van der Waals surface area contributed by atoms with Gasteiger partial charge in [0.25, 0.3) is 0 Å².